The van der Waals surface area contributed by atoms with E-state index in [0.29, 0.717) is 0 Å². The Morgan fingerprint density at radius 3 is 2.95 bits per heavy atom. The van der Waals surface area contributed by atoms with Crippen molar-refractivity contribution < 1.29 is 9.90 Å². The molecule has 0 bridgehead atoms. The first-order chi connectivity index (χ1) is 10.6. The van der Waals surface area contributed by atoms with Crippen LogP contribution in [0.3, 0.4) is 0 Å². The number of carboxylic acids is 1. The maximum absolute atomic E-state index is 10.9. The average Bonchev–Trinajstić information content (AvgIpc) is 2.94. The maximum atomic E-state index is 10.9. The van der Waals surface area contributed by atoms with E-state index in [1.54, 1.807) is 10.9 Å². The highest BCUT2D eigenvalue weighted by atomic mass is 16.4. The number of carboxylic acid groups (broad SMARTS) is 1. The van der Waals surface area contributed by atoms with Gasteiger partial charge in [0.05, 0.1) is 6.20 Å². The fraction of sp³-hybridized carbons (Fsp3) is 0.438. The predicted octanol–water partition coefficient (Wildman–Crippen LogP) is 2.27. The molecule has 22 heavy (non-hydrogen) atoms. The first-order valence-corrected chi connectivity index (χ1v) is 7.57. The van der Waals surface area contributed by atoms with Crippen LogP contribution < -0.4 is 4.90 Å². The molecular weight excluding hydrogens is 280 g/mol. The maximum Gasteiger partial charge on any atom is 0.303 e. The molecule has 6 nitrogen and oxygen atoms in total. The van der Waals surface area contributed by atoms with Crippen LogP contribution in [-0.4, -0.2) is 38.9 Å². The Morgan fingerprint density at radius 1 is 1.41 bits per heavy atom. The van der Waals surface area contributed by atoms with Crippen LogP contribution in [0.2, 0.25) is 0 Å². The molecule has 0 saturated carbocycles. The molecular formula is C16H20N4O2. The first-order valence-electron chi connectivity index (χ1n) is 7.57. The summed E-state index contributed by atoms with van der Waals surface area (Å²) < 4.78 is 1.76. The van der Waals surface area contributed by atoms with Crippen LogP contribution in [0.15, 0.2) is 30.6 Å². The molecule has 2 aromatic rings. The number of piperidine rings is 1. The summed E-state index contributed by atoms with van der Waals surface area (Å²) in [7, 11) is 0. The highest BCUT2D eigenvalue weighted by Gasteiger charge is 2.23. The number of rotatable bonds is 4. The lowest BCUT2D eigenvalue weighted by atomic mass is 9.95. The largest absolute Gasteiger partial charge is 0.481 e. The van der Waals surface area contributed by atoms with Crippen LogP contribution in [0, 0.1) is 12.8 Å². The second-order valence-electron chi connectivity index (χ2n) is 5.87. The van der Waals surface area contributed by atoms with Gasteiger partial charge in [0.25, 0.3) is 0 Å². The molecule has 6 heteroatoms. The summed E-state index contributed by atoms with van der Waals surface area (Å²) in [4.78, 5) is 17.8. The normalized spacial score (nSPS) is 18.4. The highest BCUT2D eigenvalue weighted by molar-refractivity contribution is 5.67. The zero-order valence-electron chi connectivity index (χ0n) is 12.6. The van der Waals surface area contributed by atoms with E-state index in [2.05, 4.69) is 15.0 Å². The van der Waals surface area contributed by atoms with Crippen LogP contribution >= 0.6 is 0 Å². The van der Waals surface area contributed by atoms with Crippen molar-refractivity contribution in [3.63, 3.8) is 0 Å². The number of carbonyl (C=O) groups is 1. The summed E-state index contributed by atoms with van der Waals surface area (Å²) in [5.74, 6) is 1.15. The van der Waals surface area contributed by atoms with Gasteiger partial charge in [0.2, 0.25) is 0 Å². The van der Waals surface area contributed by atoms with Gasteiger partial charge in [-0.05, 0) is 43.4 Å². The number of anilines is 1. The van der Waals surface area contributed by atoms with E-state index in [1.165, 1.54) is 0 Å². The van der Waals surface area contributed by atoms with Gasteiger partial charge in [-0.2, -0.15) is 5.10 Å². The minimum atomic E-state index is -0.722. The molecule has 3 heterocycles. The summed E-state index contributed by atoms with van der Waals surface area (Å²) in [5, 5.41) is 13.3. The molecule has 0 aliphatic carbocycles. The molecule has 0 radical (unpaired) electrons. The number of hydrogen-bond donors (Lipinski definition) is 1. The second-order valence-corrected chi connectivity index (χ2v) is 5.87. The van der Waals surface area contributed by atoms with E-state index >= 15 is 0 Å². The Bertz CT molecular complexity index is 668. The number of pyridine rings is 1. The summed E-state index contributed by atoms with van der Waals surface area (Å²) in [6.45, 7) is 3.67. The lowest BCUT2D eigenvalue weighted by molar-refractivity contribution is -0.138. The average molecular weight is 300 g/mol. The van der Waals surface area contributed by atoms with Crippen molar-refractivity contribution in [2.24, 2.45) is 5.92 Å². The van der Waals surface area contributed by atoms with Crippen molar-refractivity contribution in [3.05, 3.63) is 36.2 Å². The zero-order chi connectivity index (χ0) is 15.5. The van der Waals surface area contributed by atoms with Crippen LogP contribution in [0.5, 0.6) is 0 Å². The Labute approximate surface area is 129 Å². The number of aliphatic carboxylic acids is 1. The number of nitrogens with zero attached hydrogens (tertiary/aromatic N) is 4. The van der Waals surface area contributed by atoms with Gasteiger partial charge in [-0.25, -0.2) is 9.67 Å². The first kappa shape index (κ1) is 14.6. The van der Waals surface area contributed by atoms with Gasteiger partial charge in [-0.15, -0.1) is 0 Å². The minimum absolute atomic E-state index is 0.198. The van der Waals surface area contributed by atoms with Crippen molar-refractivity contribution in [2.75, 3.05) is 18.0 Å². The van der Waals surface area contributed by atoms with Crippen molar-refractivity contribution in [1.82, 2.24) is 14.8 Å². The number of aryl methyl sites for hydroxylation is 1. The van der Waals surface area contributed by atoms with Crippen LogP contribution in [0.25, 0.3) is 5.82 Å². The summed E-state index contributed by atoms with van der Waals surface area (Å²) in [6, 6.07) is 5.87. The Kier molecular flexibility index (Phi) is 4.09. The van der Waals surface area contributed by atoms with E-state index in [1.807, 2.05) is 31.3 Å². The topological polar surface area (TPSA) is 71.2 Å². The fourth-order valence-corrected chi connectivity index (χ4v) is 2.94. The number of aromatic nitrogens is 3. The van der Waals surface area contributed by atoms with Gasteiger partial charge >= 0.3 is 5.97 Å². The lowest BCUT2D eigenvalue weighted by Crippen LogP contribution is -2.36. The third-order valence-electron chi connectivity index (χ3n) is 3.97. The molecule has 0 aromatic carbocycles. The standard InChI is InChI=1S/C16H20N4O2/c1-12-9-17-20(10-12)15-6-2-5-14(18-15)19-7-3-4-13(11-19)8-16(21)22/h2,5-6,9-10,13H,3-4,7-8,11H2,1H3,(H,21,22). The smallest absolute Gasteiger partial charge is 0.303 e. The second kappa shape index (κ2) is 6.17. The summed E-state index contributed by atoms with van der Waals surface area (Å²) in [6.07, 6.45) is 5.95. The van der Waals surface area contributed by atoms with Crippen molar-refractivity contribution >= 4 is 11.8 Å². The molecule has 1 atom stereocenters. The van der Waals surface area contributed by atoms with E-state index in [-0.39, 0.29) is 12.3 Å². The van der Waals surface area contributed by atoms with Crippen LogP contribution in [0.1, 0.15) is 24.8 Å². The van der Waals surface area contributed by atoms with Gasteiger partial charge < -0.3 is 10.0 Å². The SMILES string of the molecule is Cc1cnn(-c2cccc(N3CCCC(CC(=O)O)C3)n2)c1. The highest BCUT2D eigenvalue weighted by Crippen LogP contribution is 2.24. The van der Waals surface area contributed by atoms with Gasteiger partial charge in [0, 0.05) is 25.7 Å². The third-order valence-corrected chi connectivity index (χ3v) is 3.97. The van der Waals surface area contributed by atoms with Gasteiger partial charge in [-0.3, -0.25) is 4.79 Å². The van der Waals surface area contributed by atoms with Crippen molar-refractivity contribution in [2.45, 2.75) is 26.2 Å². The third kappa shape index (κ3) is 3.27. The van der Waals surface area contributed by atoms with E-state index in [0.717, 1.165) is 43.1 Å². The molecule has 1 aliphatic heterocycles. The van der Waals surface area contributed by atoms with E-state index < -0.39 is 5.97 Å². The van der Waals surface area contributed by atoms with Crippen molar-refractivity contribution in [1.29, 1.82) is 0 Å². The van der Waals surface area contributed by atoms with Crippen molar-refractivity contribution in [3.8, 4) is 5.82 Å². The molecule has 0 spiro atoms. The molecule has 2 aromatic heterocycles. The van der Waals surface area contributed by atoms with Crippen LogP contribution in [-0.2, 0) is 4.79 Å². The Morgan fingerprint density at radius 2 is 2.23 bits per heavy atom. The molecule has 116 valence electrons. The predicted molar refractivity (Wildman–Crippen MR) is 83.3 cm³/mol. The quantitative estimate of drug-likeness (QED) is 0.938. The Hall–Kier alpha value is -2.37. The van der Waals surface area contributed by atoms with Gasteiger partial charge in [0.15, 0.2) is 5.82 Å². The molecule has 3 rings (SSSR count). The molecule has 1 aliphatic rings. The molecule has 0 amide bonds. The van der Waals surface area contributed by atoms with Crippen LogP contribution in [0.4, 0.5) is 5.82 Å². The molecule has 1 N–H and O–H groups in total. The number of hydrogen-bond acceptors (Lipinski definition) is 4. The van der Waals surface area contributed by atoms with Gasteiger partial charge in [0.1, 0.15) is 5.82 Å². The molecule has 1 saturated heterocycles. The summed E-state index contributed by atoms with van der Waals surface area (Å²) in [5.41, 5.74) is 1.09. The summed E-state index contributed by atoms with van der Waals surface area (Å²) >= 11 is 0. The van der Waals surface area contributed by atoms with E-state index in [9.17, 15) is 4.79 Å². The minimum Gasteiger partial charge on any atom is -0.481 e. The van der Waals surface area contributed by atoms with E-state index in [4.69, 9.17) is 5.11 Å². The van der Waals surface area contributed by atoms with Gasteiger partial charge in [-0.1, -0.05) is 6.07 Å². The lowest BCUT2D eigenvalue weighted by Gasteiger charge is -2.33. The fourth-order valence-electron chi connectivity index (χ4n) is 2.94. The Balaban J connectivity index is 1.78. The molecule has 1 unspecified atom stereocenters. The monoisotopic (exact) mass is 300 g/mol. The zero-order valence-corrected chi connectivity index (χ0v) is 12.6. The molecule has 1 fully saturated rings.